The van der Waals surface area contributed by atoms with Crippen LogP contribution in [-0.4, -0.2) is 12.6 Å². The number of rotatable bonds is 5. The maximum atomic E-state index is 12.2. The number of para-hydroxylation sites is 1. The Morgan fingerprint density at radius 2 is 2.03 bits per heavy atom. The minimum absolute atomic E-state index is 0.0282. The molecule has 1 aromatic heterocycles. The molecule has 0 bridgehead atoms. The van der Waals surface area contributed by atoms with Crippen LogP contribution in [0.2, 0.25) is 5.02 Å². The highest BCUT2D eigenvalue weighted by Crippen LogP contribution is 2.43. The Hall–Kier alpha value is -3.89. The lowest BCUT2D eigenvalue weighted by atomic mass is 9.87. The first-order chi connectivity index (χ1) is 15.0. The van der Waals surface area contributed by atoms with Crippen molar-refractivity contribution in [3.63, 3.8) is 0 Å². The minimum Gasteiger partial charge on any atom is -0.480 e. The van der Waals surface area contributed by atoms with Gasteiger partial charge in [0.1, 0.15) is 40.4 Å². The maximum Gasteiger partial charge on any atom is 0.349 e. The third-order valence-electron chi connectivity index (χ3n) is 4.65. The van der Waals surface area contributed by atoms with E-state index in [1.54, 1.807) is 42.5 Å². The average Bonchev–Trinajstić information content (AvgIpc) is 3.18. The van der Waals surface area contributed by atoms with Crippen LogP contribution in [0.15, 0.2) is 70.5 Å². The number of benzene rings is 2. The summed E-state index contributed by atoms with van der Waals surface area (Å²) >= 11 is 6.01. The van der Waals surface area contributed by atoms with Crippen LogP contribution in [0.1, 0.15) is 23.0 Å². The minimum atomic E-state index is -0.616. The van der Waals surface area contributed by atoms with Gasteiger partial charge in [-0.05, 0) is 37.3 Å². The summed E-state index contributed by atoms with van der Waals surface area (Å²) in [5.41, 5.74) is 6.89. The van der Waals surface area contributed by atoms with E-state index in [2.05, 4.69) is 6.07 Å². The first kappa shape index (κ1) is 20.4. The zero-order chi connectivity index (χ0) is 22.0. The lowest BCUT2D eigenvalue weighted by Gasteiger charge is -2.25. The van der Waals surface area contributed by atoms with E-state index < -0.39 is 11.9 Å². The van der Waals surface area contributed by atoms with Gasteiger partial charge in [-0.1, -0.05) is 29.8 Å². The van der Waals surface area contributed by atoms with Crippen molar-refractivity contribution in [3.05, 3.63) is 88.2 Å². The highest BCUT2D eigenvalue weighted by molar-refractivity contribution is 6.32. The Kier molecular flexibility index (Phi) is 5.56. The van der Waals surface area contributed by atoms with Gasteiger partial charge in [-0.3, -0.25) is 0 Å². The highest BCUT2D eigenvalue weighted by Gasteiger charge is 2.33. The third-order valence-corrected chi connectivity index (χ3v) is 4.96. The molecule has 156 valence electrons. The number of furan rings is 1. The Labute approximate surface area is 183 Å². The topological polar surface area (TPSA) is 108 Å². The molecule has 3 aromatic rings. The molecular formula is C23H17ClN2O5. The van der Waals surface area contributed by atoms with Crippen LogP contribution in [-0.2, 0) is 4.79 Å². The average molecular weight is 437 g/mol. The van der Waals surface area contributed by atoms with Crippen LogP contribution in [0.3, 0.4) is 0 Å². The molecule has 1 atom stereocenters. The fraction of sp³-hybridized carbons (Fsp3) is 0.130. The molecule has 0 saturated carbocycles. The molecule has 0 saturated heterocycles. The maximum absolute atomic E-state index is 12.2. The van der Waals surface area contributed by atoms with Gasteiger partial charge in [0.25, 0.3) is 0 Å². The van der Waals surface area contributed by atoms with Gasteiger partial charge in [0.05, 0.1) is 10.9 Å². The first-order valence-electron chi connectivity index (χ1n) is 9.32. The SMILES string of the molecule is Cc1ccc(C2C(C#N)=C(N)Oc3cc(OC(=O)COc4ccccc4Cl)ccc32)o1. The van der Waals surface area contributed by atoms with Crippen LogP contribution in [0.25, 0.3) is 0 Å². The zero-order valence-electron chi connectivity index (χ0n) is 16.4. The van der Waals surface area contributed by atoms with Gasteiger partial charge in [-0.15, -0.1) is 0 Å². The van der Waals surface area contributed by atoms with E-state index in [4.69, 9.17) is 36.0 Å². The van der Waals surface area contributed by atoms with Crippen LogP contribution in [0, 0.1) is 18.3 Å². The van der Waals surface area contributed by atoms with E-state index in [1.807, 2.05) is 13.0 Å². The summed E-state index contributed by atoms with van der Waals surface area (Å²) in [6.07, 6.45) is 0. The number of nitriles is 1. The van der Waals surface area contributed by atoms with E-state index in [0.29, 0.717) is 33.6 Å². The predicted molar refractivity (Wildman–Crippen MR) is 112 cm³/mol. The molecule has 0 radical (unpaired) electrons. The van der Waals surface area contributed by atoms with Crippen molar-refractivity contribution < 1.29 is 23.4 Å². The van der Waals surface area contributed by atoms with Gasteiger partial charge in [0.2, 0.25) is 5.88 Å². The number of ether oxygens (including phenoxy) is 3. The Morgan fingerprint density at radius 1 is 1.23 bits per heavy atom. The van der Waals surface area contributed by atoms with Crippen molar-refractivity contribution in [2.75, 3.05) is 6.61 Å². The molecule has 7 nitrogen and oxygen atoms in total. The molecule has 31 heavy (non-hydrogen) atoms. The molecule has 1 aliphatic heterocycles. The smallest absolute Gasteiger partial charge is 0.349 e. The quantitative estimate of drug-likeness (QED) is 0.465. The van der Waals surface area contributed by atoms with E-state index >= 15 is 0 Å². The number of nitrogens with zero attached hydrogens (tertiary/aromatic N) is 1. The Balaban J connectivity index is 1.54. The molecule has 8 heteroatoms. The van der Waals surface area contributed by atoms with Crippen molar-refractivity contribution in [3.8, 4) is 23.3 Å². The zero-order valence-corrected chi connectivity index (χ0v) is 17.2. The summed E-state index contributed by atoms with van der Waals surface area (Å²) in [5.74, 6) is 1.11. The number of halogens is 1. The van der Waals surface area contributed by atoms with Gasteiger partial charge in [0.15, 0.2) is 6.61 Å². The lowest BCUT2D eigenvalue weighted by Crippen LogP contribution is -2.21. The number of hydrogen-bond acceptors (Lipinski definition) is 7. The van der Waals surface area contributed by atoms with Gasteiger partial charge in [-0.25, -0.2) is 4.79 Å². The summed E-state index contributed by atoms with van der Waals surface area (Å²) < 4.78 is 22.1. The van der Waals surface area contributed by atoms with Gasteiger partial charge in [0, 0.05) is 11.6 Å². The number of esters is 1. The summed E-state index contributed by atoms with van der Waals surface area (Å²) in [6, 6.07) is 17.4. The van der Waals surface area contributed by atoms with Gasteiger partial charge < -0.3 is 24.4 Å². The van der Waals surface area contributed by atoms with E-state index in [-0.39, 0.29) is 23.8 Å². The fourth-order valence-electron chi connectivity index (χ4n) is 3.26. The summed E-state index contributed by atoms with van der Waals surface area (Å²) in [4.78, 5) is 12.2. The van der Waals surface area contributed by atoms with Crippen molar-refractivity contribution in [1.29, 1.82) is 5.26 Å². The van der Waals surface area contributed by atoms with Crippen molar-refractivity contribution in [2.24, 2.45) is 5.73 Å². The second-order valence-corrected chi connectivity index (χ2v) is 7.17. The summed E-state index contributed by atoms with van der Waals surface area (Å²) in [7, 11) is 0. The number of nitrogens with two attached hydrogens (primary N) is 1. The molecule has 0 aliphatic carbocycles. The van der Waals surface area contributed by atoms with E-state index in [1.165, 1.54) is 6.07 Å². The van der Waals surface area contributed by atoms with Crippen molar-refractivity contribution >= 4 is 17.6 Å². The van der Waals surface area contributed by atoms with Gasteiger partial charge >= 0.3 is 5.97 Å². The van der Waals surface area contributed by atoms with E-state index in [9.17, 15) is 10.1 Å². The van der Waals surface area contributed by atoms with Crippen LogP contribution >= 0.6 is 11.6 Å². The molecule has 2 N–H and O–H groups in total. The number of carbonyl (C=O) groups excluding carboxylic acids is 1. The van der Waals surface area contributed by atoms with Crippen LogP contribution in [0.5, 0.6) is 17.2 Å². The van der Waals surface area contributed by atoms with Crippen LogP contribution in [0.4, 0.5) is 0 Å². The normalized spacial score (nSPS) is 14.9. The summed E-state index contributed by atoms with van der Waals surface area (Å²) in [6.45, 7) is 1.49. The van der Waals surface area contributed by atoms with Crippen molar-refractivity contribution in [2.45, 2.75) is 12.8 Å². The Bertz CT molecular complexity index is 1220. The number of allylic oxidation sites excluding steroid dienone is 1. The number of fused-ring (bicyclic) bond motifs is 1. The number of carbonyl (C=O) groups is 1. The molecule has 2 aromatic carbocycles. The monoisotopic (exact) mass is 436 g/mol. The third kappa shape index (κ3) is 4.20. The van der Waals surface area contributed by atoms with Crippen molar-refractivity contribution in [1.82, 2.24) is 0 Å². The highest BCUT2D eigenvalue weighted by atomic mass is 35.5. The molecule has 2 heterocycles. The van der Waals surface area contributed by atoms with Crippen LogP contribution < -0.4 is 19.9 Å². The molecule has 1 unspecified atom stereocenters. The first-order valence-corrected chi connectivity index (χ1v) is 9.70. The van der Waals surface area contributed by atoms with E-state index in [0.717, 1.165) is 0 Å². The molecule has 1 aliphatic rings. The lowest BCUT2D eigenvalue weighted by molar-refractivity contribution is -0.136. The molecule has 4 rings (SSSR count). The molecule has 0 fully saturated rings. The Morgan fingerprint density at radius 3 is 2.74 bits per heavy atom. The van der Waals surface area contributed by atoms with Gasteiger partial charge in [-0.2, -0.15) is 5.26 Å². The number of hydrogen-bond donors (Lipinski definition) is 1. The second kappa shape index (κ2) is 8.46. The molecule has 0 spiro atoms. The predicted octanol–water partition coefficient (Wildman–Crippen LogP) is 4.44. The fourth-order valence-corrected chi connectivity index (χ4v) is 3.45. The standard InChI is InChI=1S/C23H17ClN2O5/c1-13-6-9-19(29-13)22-15-8-7-14(10-20(15)31-23(26)16(22)11-25)30-21(27)12-28-18-5-3-2-4-17(18)24/h2-10,22H,12,26H2,1H3. The second-order valence-electron chi connectivity index (χ2n) is 6.77. The largest absolute Gasteiger partial charge is 0.480 e. The molecule has 0 amide bonds. The summed E-state index contributed by atoms with van der Waals surface area (Å²) in [5, 5.41) is 9.97. The molecular weight excluding hydrogens is 420 g/mol. The number of aryl methyl sites for hydroxylation is 1.